The number of aromatic amines is 1. The topological polar surface area (TPSA) is 87.4 Å². The van der Waals surface area contributed by atoms with Gasteiger partial charge in [0.05, 0.1) is 12.6 Å². The van der Waals surface area contributed by atoms with Crippen molar-refractivity contribution < 1.29 is 5.11 Å². The van der Waals surface area contributed by atoms with Crippen LogP contribution in [0.4, 0.5) is 0 Å². The van der Waals surface area contributed by atoms with Crippen LogP contribution in [-0.4, -0.2) is 26.9 Å². The van der Waals surface area contributed by atoms with Crippen LogP contribution in [0.25, 0.3) is 0 Å². The Kier molecular flexibility index (Phi) is 5.40. The normalized spacial score (nSPS) is 23.4. The highest BCUT2D eigenvalue weighted by Crippen LogP contribution is 2.31. The molecule has 3 atom stereocenters. The van der Waals surface area contributed by atoms with Gasteiger partial charge >= 0.3 is 5.69 Å². The van der Waals surface area contributed by atoms with Gasteiger partial charge in [-0.25, -0.2) is 4.79 Å². The highest BCUT2D eigenvalue weighted by molar-refractivity contribution is 5.82. The molecular weight excluding hydrogens is 330 g/mol. The molecule has 0 bridgehead atoms. The van der Waals surface area contributed by atoms with Crippen molar-refractivity contribution in [2.24, 2.45) is 16.8 Å². The molecule has 6 heteroatoms. The number of H-pyrrole nitrogens is 1. The highest BCUT2D eigenvalue weighted by atomic mass is 16.3. The largest absolute Gasteiger partial charge is 0.494 e. The molecule has 1 aliphatic rings. The van der Waals surface area contributed by atoms with Gasteiger partial charge in [-0.05, 0) is 23.8 Å². The van der Waals surface area contributed by atoms with E-state index in [-0.39, 0.29) is 24.0 Å². The fourth-order valence-electron chi connectivity index (χ4n) is 3.54. The molecule has 2 aromatic rings. The van der Waals surface area contributed by atoms with Gasteiger partial charge in [-0.15, -0.1) is 0 Å². The number of aliphatic imine (C=N–C) groups is 1. The van der Waals surface area contributed by atoms with Crippen molar-refractivity contribution in [1.29, 1.82) is 0 Å². The molecule has 0 aliphatic heterocycles. The number of nitrogens with one attached hydrogen (secondary N) is 1. The Hall–Kier alpha value is -2.63. The van der Waals surface area contributed by atoms with E-state index in [0.717, 1.165) is 23.0 Å². The molecule has 138 valence electrons. The molecule has 0 saturated heterocycles. The molecule has 1 fully saturated rings. The zero-order valence-electron chi connectivity index (χ0n) is 15.2. The number of benzene rings is 1. The monoisotopic (exact) mass is 355 g/mol. The molecule has 1 saturated carbocycles. The molecule has 0 unspecified atom stereocenters. The minimum absolute atomic E-state index is 0.0333. The molecule has 6 nitrogen and oxygen atoms in total. The van der Waals surface area contributed by atoms with E-state index in [1.54, 1.807) is 0 Å². The summed E-state index contributed by atoms with van der Waals surface area (Å²) in [4.78, 5) is 31.1. The van der Waals surface area contributed by atoms with E-state index in [4.69, 9.17) is 0 Å². The Morgan fingerprint density at radius 3 is 2.69 bits per heavy atom. The van der Waals surface area contributed by atoms with E-state index in [9.17, 15) is 14.7 Å². The number of aromatic hydroxyl groups is 1. The van der Waals surface area contributed by atoms with Crippen LogP contribution in [0.15, 0.2) is 44.9 Å². The van der Waals surface area contributed by atoms with E-state index >= 15 is 0 Å². The molecule has 0 amide bonds. The summed E-state index contributed by atoms with van der Waals surface area (Å²) in [5, 5.41) is 10.5. The lowest BCUT2D eigenvalue weighted by molar-refractivity contribution is 0.242. The van der Waals surface area contributed by atoms with Crippen molar-refractivity contribution in [1.82, 2.24) is 9.55 Å². The first-order chi connectivity index (χ1) is 12.5. The van der Waals surface area contributed by atoms with E-state index < -0.39 is 11.2 Å². The smallest absolute Gasteiger partial charge is 0.331 e. The molecule has 2 N–H and O–H groups in total. The zero-order valence-corrected chi connectivity index (χ0v) is 15.2. The van der Waals surface area contributed by atoms with Crippen molar-refractivity contribution in [2.45, 2.75) is 45.7 Å². The second-order valence-corrected chi connectivity index (χ2v) is 7.18. The Morgan fingerprint density at radius 1 is 1.23 bits per heavy atom. The predicted molar refractivity (Wildman–Crippen MR) is 102 cm³/mol. The summed E-state index contributed by atoms with van der Waals surface area (Å²) in [6, 6.07) is 9.44. The SMILES string of the molecule is C[C@@H]1[C@H](C)CCC[C@H]1N=Cc1c(O)n(Cc2ccccc2)c(=O)[nH]c1=O. The van der Waals surface area contributed by atoms with Crippen LogP contribution in [0.3, 0.4) is 0 Å². The van der Waals surface area contributed by atoms with Gasteiger partial charge in [-0.1, -0.05) is 57.0 Å². The van der Waals surface area contributed by atoms with Gasteiger partial charge in [0.1, 0.15) is 5.56 Å². The summed E-state index contributed by atoms with van der Waals surface area (Å²) >= 11 is 0. The number of hydrogen-bond acceptors (Lipinski definition) is 4. The second-order valence-electron chi connectivity index (χ2n) is 7.18. The first-order valence-electron chi connectivity index (χ1n) is 9.10. The molecule has 1 aliphatic carbocycles. The maximum Gasteiger partial charge on any atom is 0.331 e. The lowest BCUT2D eigenvalue weighted by atomic mass is 9.78. The van der Waals surface area contributed by atoms with Gasteiger partial charge in [0, 0.05) is 6.21 Å². The molecule has 0 spiro atoms. The van der Waals surface area contributed by atoms with Gasteiger partial charge in [0.2, 0.25) is 5.88 Å². The van der Waals surface area contributed by atoms with Crippen LogP contribution in [0.2, 0.25) is 0 Å². The van der Waals surface area contributed by atoms with E-state index in [1.165, 1.54) is 12.6 Å². The summed E-state index contributed by atoms with van der Waals surface area (Å²) in [7, 11) is 0. The van der Waals surface area contributed by atoms with Crippen molar-refractivity contribution in [3.8, 4) is 5.88 Å². The third kappa shape index (κ3) is 3.79. The van der Waals surface area contributed by atoms with E-state index in [0.29, 0.717) is 11.8 Å². The van der Waals surface area contributed by atoms with Gasteiger partial charge in [-0.3, -0.25) is 19.3 Å². The van der Waals surface area contributed by atoms with Crippen LogP contribution in [0, 0.1) is 11.8 Å². The van der Waals surface area contributed by atoms with Crippen molar-refractivity contribution in [3.05, 3.63) is 62.3 Å². The predicted octanol–water partition coefficient (Wildman–Crippen LogP) is 2.53. The minimum atomic E-state index is -0.631. The zero-order chi connectivity index (χ0) is 18.7. The van der Waals surface area contributed by atoms with Gasteiger partial charge < -0.3 is 5.11 Å². The summed E-state index contributed by atoms with van der Waals surface area (Å²) in [6.45, 7) is 4.57. The third-order valence-electron chi connectivity index (χ3n) is 5.45. The molecule has 1 heterocycles. The Labute approximate surface area is 152 Å². The number of aromatic nitrogens is 2. The standard InChI is InChI=1S/C20H25N3O3/c1-13-7-6-10-17(14(13)2)21-11-16-18(24)22-20(26)23(19(16)25)12-15-8-4-3-5-9-15/h3-5,8-9,11,13-14,17,25H,6-7,10,12H2,1-2H3,(H,22,24,26)/t13-,14-,17-/m1/s1. The maximum atomic E-state index is 12.2. The summed E-state index contributed by atoms with van der Waals surface area (Å²) in [5.74, 6) is 0.670. The molecular formula is C20H25N3O3. The second kappa shape index (κ2) is 7.72. The summed E-state index contributed by atoms with van der Waals surface area (Å²) < 4.78 is 1.16. The Morgan fingerprint density at radius 2 is 1.96 bits per heavy atom. The molecule has 1 aromatic carbocycles. The summed E-state index contributed by atoms with van der Waals surface area (Å²) in [6.07, 6.45) is 4.71. The van der Waals surface area contributed by atoms with Crippen LogP contribution in [0.1, 0.15) is 44.2 Å². The third-order valence-corrected chi connectivity index (χ3v) is 5.45. The van der Waals surface area contributed by atoms with E-state index in [1.807, 2.05) is 30.3 Å². The molecule has 26 heavy (non-hydrogen) atoms. The number of rotatable bonds is 4. The van der Waals surface area contributed by atoms with Crippen molar-refractivity contribution >= 4 is 6.21 Å². The summed E-state index contributed by atoms with van der Waals surface area (Å²) in [5.41, 5.74) is -0.356. The Bertz CT molecular complexity index is 899. The molecule has 1 aromatic heterocycles. The minimum Gasteiger partial charge on any atom is -0.494 e. The first kappa shape index (κ1) is 18.2. The van der Waals surface area contributed by atoms with Crippen LogP contribution < -0.4 is 11.2 Å². The van der Waals surface area contributed by atoms with Crippen molar-refractivity contribution in [2.75, 3.05) is 0 Å². The molecule has 0 radical (unpaired) electrons. The van der Waals surface area contributed by atoms with Gasteiger partial charge in [0.15, 0.2) is 0 Å². The van der Waals surface area contributed by atoms with Gasteiger partial charge in [-0.2, -0.15) is 0 Å². The van der Waals surface area contributed by atoms with Crippen molar-refractivity contribution in [3.63, 3.8) is 0 Å². The number of nitrogens with zero attached hydrogens (tertiary/aromatic N) is 2. The quantitative estimate of drug-likeness (QED) is 0.826. The Balaban J connectivity index is 1.92. The lowest BCUT2D eigenvalue weighted by Crippen LogP contribution is -2.33. The van der Waals surface area contributed by atoms with E-state index in [2.05, 4.69) is 23.8 Å². The van der Waals surface area contributed by atoms with Crippen LogP contribution >= 0.6 is 0 Å². The highest BCUT2D eigenvalue weighted by Gasteiger charge is 2.26. The van der Waals surface area contributed by atoms with Crippen LogP contribution in [0.5, 0.6) is 5.88 Å². The maximum absolute atomic E-state index is 12.2. The molecule has 3 rings (SSSR count). The fourth-order valence-corrected chi connectivity index (χ4v) is 3.54. The van der Waals surface area contributed by atoms with Crippen LogP contribution in [-0.2, 0) is 6.54 Å². The lowest BCUT2D eigenvalue weighted by Gasteiger charge is -2.31. The van der Waals surface area contributed by atoms with Gasteiger partial charge in [0.25, 0.3) is 5.56 Å². The average Bonchev–Trinajstić information content (AvgIpc) is 2.62. The fraction of sp³-hybridized carbons (Fsp3) is 0.450. The number of hydrogen-bond donors (Lipinski definition) is 2. The first-order valence-corrected chi connectivity index (χ1v) is 9.10. The average molecular weight is 355 g/mol.